The maximum absolute atomic E-state index is 13.7. The lowest BCUT2D eigenvalue weighted by molar-refractivity contribution is -0.384. The van der Waals surface area contributed by atoms with E-state index in [1.807, 2.05) is 5.09 Å². The van der Waals surface area contributed by atoms with E-state index in [4.69, 9.17) is 19.3 Å². The molecule has 0 radical (unpaired) electrons. The smallest absolute Gasteiger partial charge is 0.461 e. The van der Waals surface area contributed by atoms with Gasteiger partial charge in [-0.25, -0.2) is 4.57 Å². The number of nitro groups is 1. The molecule has 0 heterocycles. The molecule has 2 rings (SSSR count). The fourth-order valence-corrected chi connectivity index (χ4v) is 3.59. The van der Waals surface area contributed by atoms with Crippen LogP contribution in [0.1, 0.15) is 39.0 Å². The van der Waals surface area contributed by atoms with Crippen LogP contribution in [0.3, 0.4) is 0 Å². The Balaban J connectivity index is 2.47. The maximum Gasteiger partial charge on any atom is 0.513 e. The Bertz CT molecular complexity index is 1030. The Morgan fingerprint density at radius 3 is 2.20 bits per heavy atom. The van der Waals surface area contributed by atoms with Gasteiger partial charge in [0.25, 0.3) is 5.69 Å². The average molecular weight is 440 g/mol. The maximum atomic E-state index is 13.7. The second kappa shape index (κ2) is 10.8. The minimum absolute atomic E-state index is 0.0125. The summed E-state index contributed by atoms with van der Waals surface area (Å²) in [5.74, 6) is -1.69. The molecule has 2 aromatic carbocycles. The predicted octanol–water partition coefficient (Wildman–Crippen LogP) is 4.87. The third-order valence-electron chi connectivity index (χ3n) is 3.88. The molecule has 0 spiro atoms. The zero-order valence-electron chi connectivity index (χ0n) is 20.4. The van der Waals surface area contributed by atoms with E-state index in [0.717, 1.165) is 24.3 Å². The van der Waals surface area contributed by atoms with Gasteiger partial charge in [0.1, 0.15) is 23.6 Å². The first-order chi connectivity index (χ1) is 15.8. The number of carbonyl (C=O) groups excluding carboxylic acids is 1. The van der Waals surface area contributed by atoms with E-state index in [2.05, 4.69) is 0 Å². The lowest BCUT2D eigenvalue weighted by atomic mass is 10.2. The molecular formula is C20H25N2O7P. The molecule has 1 unspecified atom stereocenters. The van der Waals surface area contributed by atoms with Gasteiger partial charge in [0, 0.05) is 16.2 Å². The molecule has 0 saturated carbocycles. The van der Waals surface area contributed by atoms with Crippen molar-refractivity contribution in [1.29, 1.82) is 0 Å². The summed E-state index contributed by atoms with van der Waals surface area (Å²) >= 11 is 0. The van der Waals surface area contributed by atoms with E-state index in [-0.39, 0.29) is 17.2 Å². The third-order valence-corrected chi connectivity index (χ3v) is 5.28. The Kier molecular flexibility index (Phi) is 6.42. The van der Waals surface area contributed by atoms with Crippen LogP contribution < -0.4 is 14.1 Å². The highest BCUT2D eigenvalue weighted by Gasteiger charge is 2.34. The standard InChI is InChI=1S/C20H25N2O7P/c1-4-17(5-2)27-20(23)15(3)21-30(26,28-18-9-7-6-8-10-18)29-19-13-11-16(12-14-19)22(24)25/h6-15,17H,4-5H2,1-3H3,(H,21,26)/t15-,30?/m0/s1/i3D3,15D. The van der Waals surface area contributed by atoms with Crippen molar-refractivity contribution in [3.8, 4) is 11.5 Å². The summed E-state index contributed by atoms with van der Waals surface area (Å²) in [5, 5.41) is 12.8. The first kappa shape index (κ1) is 17.9. The molecule has 2 atom stereocenters. The number of hydrogen-bond donors (Lipinski definition) is 1. The van der Waals surface area contributed by atoms with E-state index < -0.39 is 37.6 Å². The number of ether oxygens (including phenoxy) is 1. The highest BCUT2D eigenvalue weighted by molar-refractivity contribution is 7.52. The summed E-state index contributed by atoms with van der Waals surface area (Å²) in [7, 11) is -4.80. The fourth-order valence-electron chi connectivity index (χ4n) is 2.30. The van der Waals surface area contributed by atoms with E-state index in [0.29, 0.717) is 12.8 Å². The molecule has 0 amide bonds. The number of para-hydroxylation sites is 1. The van der Waals surface area contributed by atoms with Gasteiger partial charge in [0.2, 0.25) is 0 Å². The van der Waals surface area contributed by atoms with Crippen molar-refractivity contribution in [2.75, 3.05) is 0 Å². The van der Waals surface area contributed by atoms with E-state index in [1.165, 1.54) is 12.1 Å². The van der Waals surface area contributed by atoms with Gasteiger partial charge in [-0.1, -0.05) is 32.0 Å². The summed E-state index contributed by atoms with van der Waals surface area (Å²) < 4.78 is 61.3. The van der Waals surface area contributed by atoms with Crippen LogP contribution in [0.4, 0.5) is 5.69 Å². The number of nitrogens with zero attached hydrogens (tertiary/aromatic N) is 1. The molecule has 0 aromatic heterocycles. The molecule has 10 heteroatoms. The topological polar surface area (TPSA) is 117 Å². The first-order valence-corrected chi connectivity index (χ1v) is 10.7. The largest absolute Gasteiger partial charge is 0.513 e. The van der Waals surface area contributed by atoms with Crippen molar-refractivity contribution in [2.24, 2.45) is 0 Å². The lowest BCUT2D eigenvalue weighted by Gasteiger charge is -2.24. The van der Waals surface area contributed by atoms with E-state index in [9.17, 15) is 19.5 Å². The van der Waals surface area contributed by atoms with Crippen LogP contribution in [-0.4, -0.2) is 23.0 Å². The molecule has 162 valence electrons. The summed E-state index contributed by atoms with van der Waals surface area (Å²) in [6, 6.07) is 8.69. The van der Waals surface area contributed by atoms with Gasteiger partial charge in [-0.2, -0.15) is 5.09 Å². The second-order valence-corrected chi connectivity index (χ2v) is 7.66. The van der Waals surface area contributed by atoms with E-state index >= 15 is 0 Å². The van der Waals surface area contributed by atoms with Gasteiger partial charge in [0.15, 0.2) is 0 Å². The summed E-state index contributed by atoms with van der Waals surface area (Å²) in [6.07, 6.45) is 0.0829. The van der Waals surface area contributed by atoms with Crippen LogP contribution in [0.5, 0.6) is 11.5 Å². The van der Waals surface area contributed by atoms with Gasteiger partial charge in [-0.15, -0.1) is 0 Å². The van der Waals surface area contributed by atoms with Crippen LogP contribution in [0.2, 0.25) is 0 Å². The molecule has 0 aliphatic carbocycles. The van der Waals surface area contributed by atoms with Crippen LogP contribution in [0.25, 0.3) is 0 Å². The molecule has 2 aromatic rings. The van der Waals surface area contributed by atoms with Gasteiger partial charge < -0.3 is 13.8 Å². The third kappa shape index (κ3) is 6.86. The highest BCUT2D eigenvalue weighted by Crippen LogP contribution is 2.45. The van der Waals surface area contributed by atoms with Crippen LogP contribution >= 0.6 is 7.75 Å². The number of carbonyl (C=O) groups is 1. The first-order valence-electron chi connectivity index (χ1n) is 11.1. The van der Waals surface area contributed by atoms with Crippen LogP contribution in [-0.2, 0) is 14.1 Å². The molecule has 0 saturated heterocycles. The summed E-state index contributed by atoms with van der Waals surface area (Å²) in [5.41, 5.74) is -0.273. The minimum atomic E-state index is -4.80. The summed E-state index contributed by atoms with van der Waals surface area (Å²) in [4.78, 5) is 23.0. The molecular weight excluding hydrogens is 411 g/mol. The zero-order chi connectivity index (χ0) is 25.6. The number of non-ortho nitro benzene ring substituents is 1. The average Bonchev–Trinajstić information content (AvgIpc) is 2.77. The van der Waals surface area contributed by atoms with Gasteiger partial charge >= 0.3 is 13.7 Å². The van der Waals surface area contributed by atoms with Gasteiger partial charge in [-0.3, -0.25) is 14.9 Å². The van der Waals surface area contributed by atoms with E-state index in [1.54, 1.807) is 32.0 Å². The molecule has 30 heavy (non-hydrogen) atoms. The highest BCUT2D eigenvalue weighted by atomic mass is 31.2. The monoisotopic (exact) mass is 440 g/mol. The number of benzene rings is 2. The van der Waals surface area contributed by atoms with Gasteiger partial charge in [-0.05, 0) is 44.0 Å². The second-order valence-electron chi connectivity index (χ2n) is 6.07. The van der Waals surface area contributed by atoms with Crippen molar-refractivity contribution in [2.45, 2.75) is 45.7 Å². The van der Waals surface area contributed by atoms with Crippen molar-refractivity contribution >= 4 is 19.4 Å². The molecule has 9 nitrogen and oxygen atoms in total. The number of nitrogens with one attached hydrogen (secondary N) is 1. The van der Waals surface area contributed by atoms with Crippen molar-refractivity contribution < 1.29 is 33.6 Å². The van der Waals surface area contributed by atoms with Crippen molar-refractivity contribution in [3.63, 3.8) is 0 Å². The Hall–Kier alpha value is -2.90. The number of esters is 1. The SMILES string of the molecule is [2H]C([2H])([2H])[C@]([2H])(NP(=O)(Oc1ccccc1)Oc1ccc([N+](=O)[O-])cc1)C(=O)OC(CC)CC. The molecule has 0 aliphatic heterocycles. The number of rotatable bonds is 11. The number of nitro benzene ring substituents is 1. The van der Waals surface area contributed by atoms with Crippen LogP contribution in [0.15, 0.2) is 54.6 Å². The van der Waals surface area contributed by atoms with Crippen molar-refractivity contribution in [3.05, 3.63) is 64.7 Å². The Morgan fingerprint density at radius 1 is 1.13 bits per heavy atom. The normalized spacial score (nSPS) is 17.3. The van der Waals surface area contributed by atoms with Crippen molar-refractivity contribution in [1.82, 2.24) is 5.09 Å². The Labute approximate surface area is 180 Å². The fraction of sp³-hybridized carbons (Fsp3) is 0.350. The summed E-state index contributed by atoms with van der Waals surface area (Å²) in [6.45, 7) is 0.0958. The van der Waals surface area contributed by atoms with Gasteiger partial charge in [0.05, 0.1) is 6.29 Å². The lowest BCUT2D eigenvalue weighted by Crippen LogP contribution is -2.37. The Morgan fingerprint density at radius 2 is 1.70 bits per heavy atom. The zero-order valence-corrected chi connectivity index (χ0v) is 17.3. The van der Waals surface area contributed by atoms with Crippen LogP contribution in [0, 0.1) is 10.1 Å². The predicted molar refractivity (Wildman–Crippen MR) is 111 cm³/mol. The molecule has 0 fully saturated rings. The molecule has 0 bridgehead atoms. The number of hydrogen-bond acceptors (Lipinski definition) is 7. The minimum Gasteiger partial charge on any atom is -0.461 e. The molecule has 1 N–H and O–H groups in total. The quantitative estimate of drug-likeness (QED) is 0.228. The molecule has 0 aliphatic rings.